The molecule has 1 rings (SSSR count). The molecule has 0 fully saturated rings. The molecule has 0 aromatic carbocycles. The van der Waals surface area contributed by atoms with E-state index in [9.17, 15) is 0 Å². The number of nitrogens with one attached hydrogen (secondary N) is 1. The summed E-state index contributed by atoms with van der Waals surface area (Å²) in [6, 6.07) is 0.572. The van der Waals surface area contributed by atoms with Gasteiger partial charge in [0.05, 0.1) is 12.3 Å². The van der Waals surface area contributed by atoms with Gasteiger partial charge in [-0.15, -0.1) is 11.3 Å². The summed E-state index contributed by atoms with van der Waals surface area (Å²) in [5.41, 5.74) is 1.12. The van der Waals surface area contributed by atoms with Gasteiger partial charge in [-0.1, -0.05) is 13.3 Å². The molecule has 1 atom stereocenters. The van der Waals surface area contributed by atoms with E-state index in [2.05, 4.69) is 29.5 Å². The summed E-state index contributed by atoms with van der Waals surface area (Å²) in [4.78, 5) is 4.46. The van der Waals surface area contributed by atoms with Crippen molar-refractivity contribution in [3.05, 3.63) is 16.1 Å². The Morgan fingerprint density at radius 3 is 3.07 bits per heavy atom. The zero-order valence-electron chi connectivity index (χ0n) is 9.75. The van der Waals surface area contributed by atoms with Crippen molar-refractivity contribution in [3.8, 4) is 0 Å². The van der Waals surface area contributed by atoms with E-state index in [1.54, 1.807) is 18.4 Å². The van der Waals surface area contributed by atoms with Crippen molar-refractivity contribution < 1.29 is 4.74 Å². The summed E-state index contributed by atoms with van der Waals surface area (Å²) >= 11 is 1.66. The van der Waals surface area contributed by atoms with E-state index in [0.717, 1.165) is 17.2 Å². The molecule has 1 unspecified atom stereocenters. The molecule has 1 aromatic heterocycles. The molecule has 1 aromatic rings. The summed E-state index contributed by atoms with van der Waals surface area (Å²) in [7, 11) is 1.70. The average molecular weight is 228 g/mol. The second-order valence-corrected chi connectivity index (χ2v) is 4.68. The van der Waals surface area contributed by atoms with Gasteiger partial charge in [-0.25, -0.2) is 4.98 Å². The predicted molar refractivity (Wildman–Crippen MR) is 64.0 cm³/mol. The lowest BCUT2D eigenvalue weighted by Gasteiger charge is -2.10. The first kappa shape index (κ1) is 12.6. The maximum atomic E-state index is 5.03. The minimum atomic E-state index is 0.572. The van der Waals surface area contributed by atoms with Gasteiger partial charge in [-0.2, -0.15) is 0 Å². The van der Waals surface area contributed by atoms with Crippen molar-refractivity contribution >= 4 is 11.3 Å². The molecule has 15 heavy (non-hydrogen) atoms. The fraction of sp³-hybridized carbons (Fsp3) is 0.727. The number of thiazole rings is 1. The van der Waals surface area contributed by atoms with Crippen LogP contribution in [-0.2, 0) is 17.9 Å². The summed E-state index contributed by atoms with van der Waals surface area (Å²) in [6.07, 6.45) is 2.44. The first-order valence-electron chi connectivity index (χ1n) is 5.41. The Labute approximate surface area is 95.9 Å². The Morgan fingerprint density at radius 1 is 1.60 bits per heavy atom. The van der Waals surface area contributed by atoms with Gasteiger partial charge >= 0.3 is 0 Å². The van der Waals surface area contributed by atoms with Crippen molar-refractivity contribution in [2.75, 3.05) is 7.11 Å². The molecule has 4 heteroatoms. The number of rotatable bonds is 7. The third-order valence-electron chi connectivity index (χ3n) is 2.22. The summed E-state index contributed by atoms with van der Waals surface area (Å²) in [5, 5.41) is 6.61. The smallest absolute Gasteiger partial charge is 0.119 e. The quantitative estimate of drug-likeness (QED) is 0.779. The minimum Gasteiger partial charge on any atom is -0.378 e. The molecule has 0 saturated heterocycles. The lowest BCUT2D eigenvalue weighted by molar-refractivity contribution is 0.184. The van der Waals surface area contributed by atoms with Gasteiger partial charge in [0.2, 0.25) is 0 Å². The summed E-state index contributed by atoms with van der Waals surface area (Å²) in [6.45, 7) is 5.90. The van der Waals surface area contributed by atoms with Crippen LogP contribution in [0.2, 0.25) is 0 Å². The lowest BCUT2D eigenvalue weighted by Crippen LogP contribution is -2.25. The molecule has 0 spiro atoms. The second kappa shape index (κ2) is 6.93. The van der Waals surface area contributed by atoms with Gasteiger partial charge in [0.1, 0.15) is 5.01 Å². The fourth-order valence-corrected chi connectivity index (χ4v) is 2.20. The monoisotopic (exact) mass is 228 g/mol. The highest BCUT2D eigenvalue weighted by molar-refractivity contribution is 7.09. The van der Waals surface area contributed by atoms with Crippen LogP contribution >= 0.6 is 11.3 Å². The van der Waals surface area contributed by atoms with E-state index in [-0.39, 0.29) is 0 Å². The van der Waals surface area contributed by atoms with Crippen molar-refractivity contribution in [1.82, 2.24) is 10.3 Å². The highest BCUT2D eigenvalue weighted by atomic mass is 32.1. The van der Waals surface area contributed by atoms with Gasteiger partial charge in [0.25, 0.3) is 0 Å². The number of methoxy groups -OCH3 is 1. The van der Waals surface area contributed by atoms with Crippen molar-refractivity contribution in [3.63, 3.8) is 0 Å². The topological polar surface area (TPSA) is 34.1 Å². The maximum Gasteiger partial charge on any atom is 0.119 e. The van der Waals surface area contributed by atoms with E-state index in [1.807, 2.05) is 0 Å². The third kappa shape index (κ3) is 4.73. The zero-order chi connectivity index (χ0) is 11.1. The molecular weight excluding hydrogens is 208 g/mol. The van der Waals surface area contributed by atoms with Crippen LogP contribution in [0.1, 0.15) is 37.4 Å². The fourth-order valence-electron chi connectivity index (χ4n) is 1.43. The molecule has 3 nitrogen and oxygen atoms in total. The van der Waals surface area contributed by atoms with Gasteiger partial charge in [0.15, 0.2) is 0 Å². The van der Waals surface area contributed by atoms with Crippen molar-refractivity contribution in [1.29, 1.82) is 0 Å². The molecule has 0 aliphatic heterocycles. The van der Waals surface area contributed by atoms with E-state index in [0.29, 0.717) is 12.6 Å². The Kier molecular flexibility index (Phi) is 5.83. The number of ether oxygens (including phenoxy) is 1. The van der Waals surface area contributed by atoms with Crippen LogP contribution in [-0.4, -0.2) is 18.1 Å². The first-order valence-corrected chi connectivity index (χ1v) is 6.29. The average Bonchev–Trinajstić information content (AvgIpc) is 2.64. The van der Waals surface area contributed by atoms with E-state index in [1.165, 1.54) is 12.8 Å². The van der Waals surface area contributed by atoms with Crippen molar-refractivity contribution in [2.24, 2.45) is 0 Å². The van der Waals surface area contributed by atoms with Gasteiger partial charge in [0, 0.05) is 25.1 Å². The van der Waals surface area contributed by atoms with E-state index >= 15 is 0 Å². The molecule has 0 aliphatic rings. The van der Waals surface area contributed by atoms with Crippen LogP contribution in [0.15, 0.2) is 5.38 Å². The number of aromatic nitrogens is 1. The zero-order valence-corrected chi connectivity index (χ0v) is 10.6. The standard InChI is InChI=1S/C11H20N2OS/c1-4-5-9(2)12-6-10-8-15-11(13-10)7-14-3/h8-9,12H,4-7H2,1-3H3. The molecule has 86 valence electrons. The number of hydrogen-bond donors (Lipinski definition) is 1. The molecule has 0 amide bonds. The van der Waals surface area contributed by atoms with Gasteiger partial charge < -0.3 is 10.1 Å². The Balaban J connectivity index is 2.30. The van der Waals surface area contributed by atoms with E-state index in [4.69, 9.17) is 4.74 Å². The van der Waals surface area contributed by atoms with Crippen molar-refractivity contribution in [2.45, 2.75) is 45.9 Å². The summed E-state index contributed by atoms with van der Waals surface area (Å²) in [5.74, 6) is 0. The molecule has 0 bridgehead atoms. The first-order chi connectivity index (χ1) is 7.26. The van der Waals surface area contributed by atoms with Gasteiger partial charge in [-0.05, 0) is 13.3 Å². The number of nitrogens with zero attached hydrogens (tertiary/aromatic N) is 1. The normalized spacial score (nSPS) is 13.0. The van der Waals surface area contributed by atoms with E-state index < -0.39 is 0 Å². The number of hydrogen-bond acceptors (Lipinski definition) is 4. The van der Waals surface area contributed by atoms with Crippen LogP contribution in [0.25, 0.3) is 0 Å². The molecule has 0 radical (unpaired) electrons. The second-order valence-electron chi connectivity index (χ2n) is 3.74. The molecule has 0 saturated carbocycles. The van der Waals surface area contributed by atoms with Crippen LogP contribution in [0.3, 0.4) is 0 Å². The SMILES string of the molecule is CCCC(C)NCc1csc(COC)n1. The molecule has 1 N–H and O–H groups in total. The molecular formula is C11H20N2OS. The highest BCUT2D eigenvalue weighted by Gasteiger charge is 2.03. The van der Waals surface area contributed by atoms with Crippen LogP contribution < -0.4 is 5.32 Å². The third-order valence-corrected chi connectivity index (χ3v) is 3.09. The largest absolute Gasteiger partial charge is 0.378 e. The maximum absolute atomic E-state index is 5.03. The summed E-state index contributed by atoms with van der Waals surface area (Å²) < 4.78 is 5.03. The van der Waals surface area contributed by atoms with Crippen LogP contribution in [0.5, 0.6) is 0 Å². The Bertz CT molecular complexity index is 275. The lowest BCUT2D eigenvalue weighted by atomic mass is 10.2. The highest BCUT2D eigenvalue weighted by Crippen LogP contribution is 2.10. The van der Waals surface area contributed by atoms with Crippen LogP contribution in [0, 0.1) is 0 Å². The predicted octanol–water partition coefficient (Wildman–Crippen LogP) is 2.57. The molecule has 1 heterocycles. The van der Waals surface area contributed by atoms with Crippen LogP contribution in [0.4, 0.5) is 0 Å². The Morgan fingerprint density at radius 2 is 2.40 bits per heavy atom. The van der Waals surface area contributed by atoms with Gasteiger partial charge in [-0.3, -0.25) is 0 Å². The minimum absolute atomic E-state index is 0.572. The Hall–Kier alpha value is -0.450. The molecule has 0 aliphatic carbocycles.